The highest BCUT2D eigenvalue weighted by Gasteiger charge is 2.46. The summed E-state index contributed by atoms with van der Waals surface area (Å²) in [5.74, 6) is 0.385. The highest BCUT2D eigenvalue weighted by atomic mass is 16.2. The monoisotopic (exact) mass is 354 g/mol. The predicted molar refractivity (Wildman–Crippen MR) is 103 cm³/mol. The Balaban J connectivity index is 1.98. The number of carbonyl (C=O) groups excluding carboxylic acids is 2. The normalized spacial score (nSPS) is 20.8. The van der Waals surface area contributed by atoms with Crippen LogP contribution in [0.1, 0.15) is 51.5 Å². The van der Waals surface area contributed by atoms with Gasteiger partial charge in [0, 0.05) is 19.0 Å². The van der Waals surface area contributed by atoms with Crippen LogP contribution in [0.25, 0.3) is 0 Å². The summed E-state index contributed by atoms with van der Waals surface area (Å²) in [5, 5.41) is 0. The summed E-state index contributed by atoms with van der Waals surface area (Å²) in [6.45, 7) is 7.03. The molecule has 1 unspecified atom stereocenters. The van der Waals surface area contributed by atoms with Crippen molar-refractivity contribution in [2.24, 2.45) is 9.98 Å². The molecule has 1 aromatic rings. The van der Waals surface area contributed by atoms with Crippen LogP contribution in [0.4, 0.5) is 4.79 Å². The first-order valence-corrected chi connectivity index (χ1v) is 9.46. The van der Waals surface area contributed by atoms with E-state index in [1.807, 2.05) is 32.0 Å². The predicted octanol–water partition coefficient (Wildman–Crippen LogP) is 3.44. The molecule has 0 radical (unpaired) electrons. The Morgan fingerprint density at radius 2 is 1.73 bits per heavy atom. The van der Waals surface area contributed by atoms with Crippen LogP contribution in [0.15, 0.2) is 40.3 Å². The average Bonchev–Trinajstić information content (AvgIpc) is 3.09. The number of benzene rings is 1. The topological polar surface area (TPSA) is 65.3 Å². The lowest BCUT2D eigenvalue weighted by atomic mass is 9.95. The fourth-order valence-electron chi connectivity index (χ4n) is 3.56. The molecule has 2 heterocycles. The molecule has 0 aliphatic carbocycles. The van der Waals surface area contributed by atoms with E-state index < -0.39 is 6.17 Å². The molecule has 3 rings (SSSR count). The van der Waals surface area contributed by atoms with Crippen molar-refractivity contribution >= 4 is 23.5 Å². The SMILES string of the molecule is CCCN1C(=O)C2=NC([C@H](CC)c3ccccc3)=NC2N(CCC)C1=O. The van der Waals surface area contributed by atoms with Gasteiger partial charge in [-0.3, -0.25) is 14.6 Å². The number of aliphatic imine (C=N–C) groups is 2. The quantitative estimate of drug-likeness (QED) is 0.753. The van der Waals surface area contributed by atoms with Crippen molar-refractivity contribution in [1.82, 2.24) is 9.80 Å². The molecule has 0 N–H and O–H groups in total. The molecule has 26 heavy (non-hydrogen) atoms. The van der Waals surface area contributed by atoms with Crippen LogP contribution in [0.2, 0.25) is 0 Å². The number of fused-ring (bicyclic) bond motifs is 1. The fraction of sp³-hybridized carbons (Fsp3) is 0.500. The third-order valence-corrected chi connectivity index (χ3v) is 4.80. The zero-order chi connectivity index (χ0) is 18.7. The second-order valence-electron chi connectivity index (χ2n) is 6.66. The molecular formula is C20H26N4O2. The number of amidine groups is 1. The number of hydrogen-bond acceptors (Lipinski definition) is 4. The largest absolute Gasteiger partial charge is 0.329 e. The standard InChI is InChI=1S/C20H26N4O2/c1-4-12-23-18-16(19(25)24(13-5-2)20(23)26)21-17(22-18)15(6-3)14-10-8-7-9-11-14/h7-11,15,18H,4-6,12-13H2,1-3H3/t15-,18?/m1/s1. The Morgan fingerprint density at radius 1 is 1.04 bits per heavy atom. The Kier molecular flexibility index (Phi) is 5.49. The van der Waals surface area contributed by atoms with E-state index in [0.29, 0.717) is 24.6 Å². The highest BCUT2D eigenvalue weighted by Crippen LogP contribution is 2.29. The molecule has 2 atom stereocenters. The first-order valence-electron chi connectivity index (χ1n) is 9.46. The number of hydrogen-bond donors (Lipinski definition) is 0. The lowest BCUT2D eigenvalue weighted by Gasteiger charge is -2.37. The Hall–Kier alpha value is -2.50. The van der Waals surface area contributed by atoms with Crippen LogP contribution >= 0.6 is 0 Å². The van der Waals surface area contributed by atoms with E-state index in [-0.39, 0.29) is 17.9 Å². The molecule has 3 amide bonds. The first kappa shape index (κ1) is 18.3. The number of urea groups is 1. The van der Waals surface area contributed by atoms with Gasteiger partial charge in [0.05, 0.1) is 0 Å². The van der Waals surface area contributed by atoms with Crippen molar-refractivity contribution in [3.8, 4) is 0 Å². The fourth-order valence-corrected chi connectivity index (χ4v) is 3.56. The number of amides is 3. The third kappa shape index (κ3) is 3.16. The molecule has 0 spiro atoms. The maximum absolute atomic E-state index is 12.8. The maximum Gasteiger partial charge on any atom is 0.329 e. The van der Waals surface area contributed by atoms with Gasteiger partial charge in [0.15, 0.2) is 11.9 Å². The van der Waals surface area contributed by atoms with Crippen molar-refractivity contribution in [1.29, 1.82) is 0 Å². The van der Waals surface area contributed by atoms with Gasteiger partial charge in [-0.15, -0.1) is 0 Å². The number of nitrogens with zero attached hydrogens (tertiary/aromatic N) is 4. The smallest absolute Gasteiger partial charge is 0.296 e. The van der Waals surface area contributed by atoms with Gasteiger partial charge in [-0.1, -0.05) is 51.1 Å². The van der Waals surface area contributed by atoms with E-state index in [2.05, 4.69) is 24.0 Å². The Bertz CT molecular complexity index is 741. The summed E-state index contributed by atoms with van der Waals surface area (Å²) >= 11 is 0. The van der Waals surface area contributed by atoms with Gasteiger partial charge in [0.2, 0.25) is 0 Å². The van der Waals surface area contributed by atoms with Gasteiger partial charge in [0.25, 0.3) is 5.91 Å². The maximum atomic E-state index is 12.8. The summed E-state index contributed by atoms with van der Waals surface area (Å²) in [5.41, 5.74) is 1.51. The summed E-state index contributed by atoms with van der Waals surface area (Å²) in [6, 6.07) is 9.83. The van der Waals surface area contributed by atoms with Crippen LogP contribution in [-0.2, 0) is 4.79 Å². The molecule has 2 aliphatic rings. The molecule has 0 saturated carbocycles. The highest BCUT2D eigenvalue weighted by molar-refractivity contribution is 6.47. The molecule has 0 aromatic heterocycles. The lowest BCUT2D eigenvalue weighted by molar-refractivity contribution is -0.123. The molecule has 138 valence electrons. The van der Waals surface area contributed by atoms with E-state index >= 15 is 0 Å². The molecule has 0 bridgehead atoms. The minimum absolute atomic E-state index is 0.0281. The molecule has 6 nitrogen and oxygen atoms in total. The molecule has 1 saturated heterocycles. The second kappa shape index (κ2) is 7.81. The Labute approximate surface area is 154 Å². The lowest BCUT2D eigenvalue weighted by Crippen LogP contribution is -2.61. The summed E-state index contributed by atoms with van der Waals surface area (Å²) in [6.07, 6.45) is 1.80. The van der Waals surface area contributed by atoms with Gasteiger partial charge < -0.3 is 0 Å². The molecule has 1 fully saturated rings. The van der Waals surface area contributed by atoms with Crippen molar-refractivity contribution < 1.29 is 9.59 Å². The minimum Gasteiger partial charge on any atom is -0.296 e. The van der Waals surface area contributed by atoms with Crippen molar-refractivity contribution in [3.05, 3.63) is 35.9 Å². The number of rotatable bonds is 7. The zero-order valence-corrected chi connectivity index (χ0v) is 15.7. The Morgan fingerprint density at radius 3 is 2.35 bits per heavy atom. The number of imide groups is 1. The van der Waals surface area contributed by atoms with Crippen LogP contribution in [0, 0.1) is 0 Å². The van der Waals surface area contributed by atoms with E-state index in [1.165, 1.54) is 4.90 Å². The second-order valence-corrected chi connectivity index (χ2v) is 6.66. The average molecular weight is 354 g/mol. The number of carbonyl (C=O) groups is 2. The molecule has 1 aromatic carbocycles. The summed E-state index contributed by atoms with van der Waals surface area (Å²) in [4.78, 5) is 37.9. The van der Waals surface area contributed by atoms with E-state index in [4.69, 9.17) is 4.99 Å². The molecular weight excluding hydrogens is 328 g/mol. The van der Waals surface area contributed by atoms with Crippen molar-refractivity contribution in [2.75, 3.05) is 13.1 Å². The van der Waals surface area contributed by atoms with Crippen LogP contribution in [0.5, 0.6) is 0 Å². The van der Waals surface area contributed by atoms with E-state index in [1.54, 1.807) is 4.90 Å². The van der Waals surface area contributed by atoms with Gasteiger partial charge in [0.1, 0.15) is 5.84 Å². The summed E-state index contributed by atoms with van der Waals surface area (Å²) < 4.78 is 0. The van der Waals surface area contributed by atoms with Gasteiger partial charge in [-0.25, -0.2) is 14.8 Å². The zero-order valence-electron chi connectivity index (χ0n) is 15.7. The van der Waals surface area contributed by atoms with Gasteiger partial charge in [-0.05, 0) is 24.8 Å². The van der Waals surface area contributed by atoms with Crippen molar-refractivity contribution in [3.63, 3.8) is 0 Å². The van der Waals surface area contributed by atoms with Crippen LogP contribution < -0.4 is 0 Å². The minimum atomic E-state index is -0.573. The first-order chi connectivity index (χ1) is 12.6. The van der Waals surface area contributed by atoms with Crippen LogP contribution in [0.3, 0.4) is 0 Å². The molecule has 6 heteroatoms. The summed E-state index contributed by atoms with van der Waals surface area (Å²) in [7, 11) is 0. The van der Waals surface area contributed by atoms with Gasteiger partial charge in [-0.2, -0.15) is 0 Å². The van der Waals surface area contributed by atoms with Crippen molar-refractivity contribution in [2.45, 2.75) is 52.1 Å². The third-order valence-electron chi connectivity index (χ3n) is 4.80. The van der Waals surface area contributed by atoms with E-state index in [9.17, 15) is 9.59 Å². The molecule has 2 aliphatic heterocycles. The van der Waals surface area contributed by atoms with Gasteiger partial charge >= 0.3 is 6.03 Å². The van der Waals surface area contributed by atoms with E-state index in [0.717, 1.165) is 24.8 Å². The van der Waals surface area contributed by atoms with Crippen LogP contribution in [-0.4, -0.2) is 52.5 Å².